The zero-order valence-electron chi connectivity index (χ0n) is 11.2. The second kappa shape index (κ2) is 6.22. The first-order chi connectivity index (χ1) is 9.08. The average molecular weight is 275 g/mol. The molecule has 1 nitrogen and oxygen atoms in total. The van der Waals surface area contributed by atoms with Crippen molar-refractivity contribution in [3.05, 3.63) is 65.0 Å². The summed E-state index contributed by atoms with van der Waals surface area (Å²) >= 11 is 1.46. The van der Waals surface area contributed by atoms with Crippen LogP contribution in [0.25, 0.3) is 0 Å². The molecule has 0 amide bonds. The quantitative estimate of drug-likeness (QED) is 0.845. The fourth-order valence-corrected chi connectivity index (χ4v) is 2.91. The van der Waals surface area contributed by atoms with Crippen LogP contribution in [-0.4, -0.2) is 5.75 Å². The van der Waals surface area contributed by atoms with Crippen LogP contribution in [0.4, 0.5) is 4.39 Å². The number of thioether (sulfide) groups is 1. The molecule has 0 aliphatic rings. The fraction of sp³-hybridized carbons (Fsp3) is 0.250. The summed E-state index contributed by atoms with van der Waals surface area (Å²) in [6, 6.07) is 13.0. The van der Waals surface area contributed by atoms with Gasteiger partial charge in [0.2, 0.25) is 0 Å². The number of benzene rings is 2. The molecule has 0 heterocycles. The normalized spacial score (nSPS) is 12.4. The lowest BCUT2D eigenvalue weighted by Gasteiger charge is -2.15. The van der Waals surface area contributed by atoms with Crippen LogP contribution in [-0.2, 0) is 0 Å². The summed E-state index contributed by atoms with van der Waals surface area (Å²) in [5, 5.41) is 0. The van der Waals surface area contributed by atoms with Gasteiger partial charge in [-0.1, -0.05) is 35.9 Å². The highest BCUT2D eigenvalue weighted by Crippen LogP contribution is 2.27. The maximum Gasteiger partial charge on any atom is 0.136 e. The van der Waals surface area contributed by atoms with E-state index in [4.69, 9.17) is 5.73 Å². The molecule has 0 saturated heterocycles. The molecule has 0 radical (unpaired) electrons. The molecule has 0 fully saturated rings. The zero-order chi connectivity index (χ0) is 13.8. The van der Waals surface area contributed by atoms with Crippen molar-refractivity contribution in [2.75, 3.05) is 5.75 Å². The van der Waals surface area contributed by atoms with Crippen molar-refractivity contribution in [1.82, 2.24) is 0 Å². The van der Waals surface area contributed by atoms with Crippen LogP contribution in [0.1, 0.15) is 22.7 Å². The number of aryl methyl sites for hydroxylation is 2. The van der Waals surface area contributed by atoms with E-state index in [1.807, 2.05) is 6.07 Å². The largest absolute Gasteiger partial charge is 0.323 e. The van der Waals surface area contributed by atoms with Gasteiger partial charge in [0, 0.05) is 16.7 Å². The summed E-state index contributed by atoms with van der Waals surface area (Å²) < 4.78 is 13.5. The minimum atomic E-state index is -0.180. The fourth-order valence-electron chi connectivity index (χ4n) is 1.99. The highest BCUT2D eigenvalue weighted by atomic mass is 32.2. The lowest BCUT2D eigenvalue weighted by atomic mass is 10.0. The van der Waals surface area contributed by atoms with E-state index < -0.39 is 0 Å². The Kier molecular flexibility index (Phi) is 4.61. The monoisotopic (exact) mass is 275 g/mol. The van der Waals surface area contributed by atoms with Gasteiger partial charge in [0.25, 0.3) is 0 Å². The molecular formula is C16H18FNS. The van der Waals surface area contributed by atoms with Gasteiger partial charge in [-0.15, -0.1) is 11.8 Å². The molecule has 0 aliphatic heterocycles. The third-order valence-corrected chi connectivity index (χ3v) is 4.26. The van der Waals surface area contributed by atoms with E-state index in [0.29, 0.717) is 10.6 Å². The molecule has 1 unspecified atom stereocenters. The predicted molar refractivity (Wildman–Crippen MR) is 80.0 cm³/mol. The van der Waals surface area contributed by atoms with Crippen LogP contribution in [0.3, 0.4) is 0 Å². The van der Waals surface area contributed by atoms with Crippen LogP contribution in [0.15, 0.2) is 47.4 Å². The summed E-state index contributed by atoms with van der Waals surface area (Å²) in [5.74, 6) is 0.492. The molecule has 100 valence electrons. The number of rotatable bonds is 4. The van der Waals surface area contributed by atoms with E-state index in [0.717, 1.165) is 5.56 Å². The minimum Gasteiger partial charge on any atom is -0.323 e. The number of hydrogen-bond acceptors (Lipinski definition) is 2. The van der Waals surface area contributed by atoms with Gasteiger partial charge in [-0.05, 0) is 37.1 Å². The molecule has 0 saturated carbocycles. The predicted octanol–water partition coefficient (Wildman–Crippen LogP) is 4.23. The average Bonchev–Trinajstić information content (AvgIpc) is 2.40. The highest BCUT2D eigenvalue weighted by Gasteiger charge is 2.11. The van der Waals surface area contributed by atoms with E-state index >= 15 is 0 Å². The Morgan fingerprint density at radius 3 is 2.63 bits per heavy atom. The van der Waals surface area contributed by atoms with Crippen molar-refractivity contribution < 1.29 is 4.39 Å². The summed E-state index contributed by atoms with van der Waals surface area (Å²) in [7, 11) is 0. The first-order valence-electron chi connectivity index (χ1n) is 6.28. The van der Waals surface area contributed by atoms with Crippen LogP contribution < -0.4 is 5.73 Å². The van der Waals surface area contributed by atoms with Crippen molar-refractivity contribution in [3.8, 4) is 0 Å². The summed E-state index contributed by atoms with van der Waals surface area (Å²) in [5.41, 5.74) is 9.75. The molecule has 19 heavy (non-hydrogen) atoms. The molecule has 3 heteroatoms. The molecule has 2 N–H and O–H groups in total. The molecule has 2 rings (SSSR count). The van der Waals surface area contributed by atoms with E-state index in [1.54, 1.807) is 12.1 Å². The molecule has 0 bridgehead atoms. The summed E-state index contributed by atoms with van der Waals surface area (Å²) in [4.78, 5) is 0.656. The van der Waals surface area contributed by atoms with E-state index in [-0.39, 0.29) is 11.9 Å². The van der Waals surface area contributed by atoms with E-state index in [9.17, 15) is 4.39 Å². The van der Waals surface area contributed by atoms with Crippen molar-refractivity contribution in [2.45, 2.75) is 24.8 Å². The third-order valence-electron chi connectivity index (χ3n) is 3.09. The van der Waals surface area contributed by atoms with E-state index in [2.05, 4.69) is 32.0 Å². The SMILES string of the molecule is Cc1ccc(C)c(C(N)CSc2ccccc2F)c1. The molecular weight excluding hydrogens is 257 g/mol. The molecule has 1 atom stereocenters. The smallest absolute Gasteiger partial charge is 0.136 e. The zero-order valence-corrected chi connectivity index (χ0v) is 12.0. The highest BCUT2D eigenvalue weighted by molar-refractivity contribution is 7.99. The Bertz CT molecular complexity index is 568. The van der Waals surface area contributed by atoms with Crippen molar-refractivity contribution in [1.29, 1.82) is 0 Å². The Morgan fingerprint density at radius 2 is 1.89 bits per heavy atom. The van der Waals surface area contributed by atoms with Gasteiger partial charge in [-0.25, -0.2) is 4.39 Å². The standard InChI is InChI=1S/C16H18FNS/c1-11-7-8-12(2)13(9-11)15(18)10-19-16-6-4-3-5-14(16)17/h3-9,15H,10,18H2,1-2H3. The van der Waals surface area contributed by atoms with Crippen LogP contribution in [0.2, 0.25) is 0 Å². The van der Waals surface area contributed by atoms with Crippen molar-refractivity contribution >= 4 is 11.8 Å². The molecule has 0 aliphatic carbocycles. The Labute approximate surface area is 118 Å². The van der Waals surface area contributed by atoms with Crippen molar-refractivity contribution in [2.24, 2.45) is 5.73 Å². The van der Waals surface area contributed by atoms with Gasteiger partial charge in [0.1, 0.15) is 5.82 Å². The van der Waals surface area contributed by atoms with E-state index in [1.165, 1.54) is 29.0 Å². The topological polar surface area (TPSA) is 26.0 Å². The Hall–Kier alpha value is -1.32. The van der Waals surface area contributed by atoms with Crippen LogP contribution in [0, 0.1) is 19.7 Å². The lowest BCUT2D eigenvalue weighted by Crippen LogP contribution is -2.14. The number of nitrogens with two attached hydrogens (primary N) is 1. The van der Waals surface area contributed by atoms with Crippen molar-refractivity contribution in [3.63, 3.8) is 0 Å². The van der Waals surface area contributed by atoms with Gasteiger partial charge in [-0.2, -0.15) is 0 Å². The number of hydrogen-bond donors (Lipinski definition) is 1. The first-order valence-corrected chi connectivity index (χ1v) is 7.26. The Balaban J connectivity index is 2.07. The molecule has 2 aromatic rings. The number of halogens is 1. The summed E-state index contributed by atoms with van der Waals surface area (Å²) in [6.07, 6.45) is 0. The van der Waals surface area contributed by atoms with Crippen LogP contribution in [0.5, 0.6) is 0 Å². The molecule has 2 aromatic carbocycles. The summed E-state index contributed by atoms with van der Waals surface area (Å²) in [6.45, 7) is 4.11. The van der Waals surface area contributed by atoms with Gasteiger partial charge in [0.05, 0.1) is 0 Å². The van der Waals surface area contributed by atoms with Crippen LogP contribution >= 0.6 is 11.8 Å². The first kappa shape index (κ1) is 14.1. The van der Waals surface area contributed by atoms with Gasteiger partial charge < -0.3 is 5.73 Å². The Morgan fingerprint density at radius 1 is 1.16 bits per heavy atom. The molecule has 0 aromatic heterocycles. The second-order valence-electron chi connectivity index (χ2n) is 4.71. The maximum absolute atomic E-state index is 13.5. The van der Waals surface area contributed by atoms with Gasteiger partial charge in [-0.3, -0.25) is 0 Å². The van der Waals surface area contributed by atoms with Gasteiger partial charge in [0.15, 0.2) is 0 Å². The second-order valence-corrected chi connectivity index (χ2v) is 5.77. The third kappa shape index (κ3) is 3.58. The molecule has 0 spiro atoms. The minimum absolute atomic E-state index is 0.0792. The lowest BCUT2D eigenvalue weighted by molar-refractivity contribution is 0.601. The van der Waals surface area contributed by atoms with Gasteiger partial charge >= 0.3 is 0 Å². The maximum atomic E-state index is 13.5.